The van der Waals surface area contributed by atoms with Crippen molar-refractivity contribution in [3.05, 3.63) is 77.9 Å². The van der Waals surface area contributed by atoms with E-state index in [0.29, 0.717) is 25.3 Å². The van der Waals surface area contributed by atoms with Gasteiger partial charge in [-0.05, 0) is 24.6 Å². The number of primary amides is 1. The smallest absolute Gasteiger partial charge is 0.268 e. The Balaban J connectivity index is 0.000000169. The molecule has 1 aromatic heterocycles. The van der Waals surface area contributed by atoms with Crippen molar-refractivity contribution in [3.8, 4) is 5.75 Å². The van der Waals surface area contributed by atoms with Crippen LogP contribution in [0.15, 0.2) is 61.1 Å². The first-order chi connectivity index (χ1) is 13.9. The second-order valence-corrected chi connectivity index (χ2v) is 6.80. The number of aryl methyl sites for hydroxylation is 1. The van der Waals surface area contributed by atoms with E-state index in [4.69, 9.17) is 10.5 Å². The van der Waals surface area contributed by atoms with Crippen LogP contribution in [0.4, 0.5) is 5.69 Å². The molecule has 0 bridgehead atoms. The molecule has 2 heterocycles. The number of imidazole rings is 1. The lowest BCUT2D eigenvalue weighted by Crippen LogP contribution is -2.24. The lowest BCUT2D eigenvalue weighted by molar-refractivity contribution is -0.118. The van der Waals surface area contributed by atoms with Gasteiger partial charge in [0.25, 0.3) is 5.91 Å². The Bertz CT molecular complexity index is 995. The number of amides is 2. The first-order valence-electron chi connectivity index (χ1n) is 9.29. The molecule has 7 nitrogen and oxygen atoms in total. The number of para-hydroxylation sites is 2. The molecule has 29 heavy (non-hydrogen) atoms. The third kappa shape index (κ3) is 5.22. The number of carbonyl (C=O) groups is 2. The van der Waals surface area contributed by atoms with Gasteiger partial charge in [-0.25, -0.2) is 4.98 Å². The largest absolute Gasteiger partial charge is 0.491 e. The first kappa shape index (κ1) is 20.1. The fourth-order valence-corrected chi connectivity index (χ4v) is 2.88. The van der Waals surface area contributed by atoms with Crippen LogP contribution in [0.25, 0.3) is 0 Å². The molecular formula is C22H24N4O3. The fourth-order valence-electron chi connectivity index (χ4n) is 2.88. The number of ether oxygens (including phenoxy) is 1. The van der Waals surface area contributed by atoms with E-state index in [2.05, 4.69) is 29.2 Å². The van der Waals surface area contributed by atoms with Crippen molar-refractivity contribution in [1.82, 2.24) is 9.55 Å². The van der Waals surface area contributed by atoms with E-state index in [0.717, 1.165) is 11.4 Å². The molecular weight excluding hydrogens is 368 g/mol. The van der Waals surface area contributed by atoms with Crippen molar-refractivity contribution in [2.75, 3.05) is 18.6 Å². The van der Waals surface area contributed by atoms with Crippen LogP contribution in [0.5, 0.6) is 5.75 Å². The topological polar surface area (TPSA) is 90.4 Å². The van der Waals surface area contributed by atoms with Crippen LogP contribution in [0, 0.1) is 6.92 Å². The number of carbonyl (C=O) groups excluding carboxylic acids is 2. The molecule has 7 heteroatoms. The molecule has 0 fully saturated rings. The van der Waals surface area contributed by atoms with Gasteiger partial charge in [0.2, 0.25) is 5.91 Å². The summed E-state index contributed by atoms with van der Waals surface area (Å²) in [6.45, 7) is 3.22. The minimum Gasteiger partial charge on any atom is -0.491 e. The van der Waals surface area contributed by atoms with Crippen LogP contribution in [0.1, 0.15) is 28.0 Å². The molecule has 0 radical (unpaired) electrons. The number of rotatable bonds is 3. The number of aromatic nitrogens is 2. The Hall–Kier alpha value is -3.61. The van der Waals surface area contributed by atoms with Crippen LogP contribution in [-0.2, 0) is 11.3 Å². The average molecular weight is 392 g/mol. The zero-order chi connectivity index (χ0) is 20.8. The Morgan fingerprint density at radius 1 is 1.17 bits per heavy atom. The molecule has 1 aliphatic heterocycles. The van der Waals surface area contributed by atoms with Crippen LogP contribution in [-0.4, -0.2) is 35.0 Å². The molecule has 0 spiro atoms. The Kier molecular flexibility index (Phi) is 6.29. The van der Waals surface area contributed by atoms with Gasteiger partial charge in [-0.1, -0.05) is 42.0 Å². The highest BCUT2D eigenvalue weighted by molar-refractivity contribution is 5.95. The van der Waals surface area contributed by atoms with Crippen LogP contribution in [0.2, 0.25) is 0 Å². The van der Waals surface area contributed by atoms with Gasteiger partial charge >= 0.3 is 0 Å². The maximum absolute atomic E-state index is 11.4. The molecule has 0 aliphatic carbocycles. The highest BCUT2D eigenvalue weighted by Crippen LogP contribution is 2.29. The van der Waals surface area contributed by atoms with Crippen molar-refractivity contribution < 1.29 is 14.3 Å². The van der Waals surface area contributed by atoms with Crippen molar-refractivity contribution in [2.24, 2.45) is 5.73 Å². The van der Waals surface area contributed by atoms with Crippen LogP contribution >= 0.6 is 0 Å². The van der Waals surface area contributed by atoms with Gasteiger partial charge in [0.15, 0.2) is 0 Å². The summed E-state index contributed by atoms with van der Waals surface area (Å²) in [4.78, 5) is 27.8. The van der Waals surface area contributed by atoms with Gasteiger partial charge in [-0.2, -0.15) is 0 Å². The number of nitrogens with two attached hydrogens (primary N) is 1. The molecule has 0 atom stereocenters. The SMILES string of the molecule is CN1C(=O)CCOc2ccccc21.Cc1ccc(Cn2cnc(C(N)=O)c2)cc1. The number of fused-ring (bicyclic) bond motifs is 1. The lowest BCUT2D eigenvalue weighted by Gasteiger charge is -2.15. The highest BCUT2D eigenvalue weighted by Gasteiger charge is 2.18. The predicted molar refractivity (Wildman–Crippen MR) is 111 cm³/mol. The van der Waals surface area contributed by atoms with E-state index in [-0.39, 0.29) is 5.91 Å². The molecule has 2 amide bonds. The van der Waals surface area contributed by atoms with Gasteiger partial charge in [-0.3, -0.25) is 9.59 Å². The summed E-state index contributed by atoms with van der Waals surface area (Å²) in [7, 11) is 1.77. The van der Waals surface area contributed by atoms with E-state index >= 15 is 0 Å². The van der Waals surface area contributed by atoms with Crippen LogP contribution in [0.3, 0.4) is 0 Å². The normalized spacial score (nSPS) is 12.9. The molecule has 150 valence electrons. The Labute approximate surface area is 169 Å². The van der Waals surface area contributed by atoms with Crippen molar-refractivity contribution >= 4 is 17.5 Å². The van der Waals surface area contributed by atoms with E-state index in [1.165, 1.54) is 11.1 Å². The third-order valence-corrected chi connectivity index (χ3v) is 4.55. The highest BCUT2D eigenvalue weighted by atomic mass is 16.5. The van der Waals surface area contributed by atoms with E-state index in [1.54, 1.807) is 24.5 Å². The van der Waals surface area contributed by atoms with Gasteiger partial charge in [-0.15, -0.1) is 0 Å². The number of hydrogen-bond donors (Lipinski definition) is 1. The van der Waals surface area contributed by atoms with Crippen molar-refractivity contribution in [1.29, 1.82) is 0 Å². The summed E-state index contributed by atoms with van der Waals surface area (Å²) >= 11 is 0. The summed E-state index contributed by atoms with van der Waals surface area (Å²) in [5, 5.41) is 0. The molecule has 0 saturated carbocycles. The zero-order valence-electron chi connectivity index (χ0n) is 16.5. The second kappa shape index (κ2) is 9.05. The predicted octanol–water partition coefficient (Wildman–Crippen LogP) is 2.77. The maximum atomic E-state index is 11.4. The summed E-state index contributed by atoms with van der Waals surface area (Å²) in [6, 6.07) is 15.8. The number of anilines is 1. The van der Waals surface area contributed by atoms with Gasteiger partial charge in [0, 0.05) is 19.8 Å². The summed E-state index contributed by atoms with van der Waals surface area (Å²) < 4.78 is 7.26. The maximum Gasteiger partial charge on any atom is 0.268 e. The molecule has 3 aromatic rings. The fraction of sp³-hybridized carbons (Fsp3) is 0.227. The lowest BCUT2D eigenvalue weighted by atomic mass is 10.1. The summed E-state index contributed by atoms with van der Waals surface area (Å²) in [5.74, 6) is 0.392. The molecule has 0 saturated heterocycles. The molecule has 4 rings (SSSR count). The quantitative estimate of drug-likeness (QED) is 0.742. The Morgan fingerprint density at radius 3 is 2.59 bits per heavy atom. The van der Waals surface area contributed by atoms with Gasteiger partial charge in [0.05, 0.1) is 25.0 Å². The number of hydrogen-bond acceptors (Lipinski definition) is 4. The standard InChI is InChI=1S/C12H13N3O.C10H11NO2/c1-9-2-4-10(5-3-9)6-15-7-11(12(13)16)14-8-15;1-11-8-4-2-3-5-9(8)13-7-6-10(11)12/h2-5,7-8H,6H2,1H3,(H2,13,16);2-5H,6-7H2,1H3. The molecule has 0 unspecified atom stereocenters. The van der Waals surface area contributed by atoms with E-state index in [9.17, 15) is 9.59 Å². The van der Waals surface area contributed by atoms with Crippen molar-refractivity contribution in [3.63, 3.8) is 0 Å². The minimum absolute atomic E-state index is 0.102. The Morgan fingerprint density at radius 2 is 1.90 bits per heavy atom. The van der Waals surface area contributed by atoms with Crippen LogP contribution < -0.4 is 15.4 Å². The number of nitrogens with zero attached hydrogens (tertiary/aromatic N) is 3. The van der Waals surface area contributed by atoms with Gasteiger partial charge < -0.3 is 19.9 Å². The third-order valence-electron chi connectivity index (χ3n) is 4.55. The summed E-state index contributed by atoms with van der Waals surface area (Å²) in [5.41, 5.74) is 8.67. The first-order valence-corrected chi connectivity index (χ1v) is 9.29. The summed E-state index contributed by atoms with van der Waals surface area (Å²) in [6.07, 6.45) is 3.72. The minimum atomic E-state index is -0.498. The second-order valence-electron chi connectivity index (χ2n) is 6.80. The monoisotopic (exact) mass is 392 g/mol. The average Bonchev–Trinajstić information content (AvgIpc) is 3.13. The molecule has 2 N–H and O–H groups in total. The van der Waals surface area contributed by atoms with E-state index < -0.39 is 5.91 Å². The van der Waals surface area contributed by atoms with Gasteiger partial charge in [0.1, 0.15) is 11.4 Å². The van der Waals surface area contributed by atoms with E-state index in [1.807, 2.05) is 35.8 Å². The number of benzene rings is 2. The molecule has 2 aromatic carbocycles. The molecule has 1 aliphatic rings. The zero-order valence-corrected chi connectivity index (χ0v) is 16.5. The van der Waals surface area contributed by atoms with Crippen molar-refractivity contribution in [2.45, 2.75) is 19.9 Å².